The Bertz CT molecular complexity index is 832. The topological polar surface area (TPSA) is 76.1 Å². The highest BCUT2D eigenvalue weighted by Gasteiger charge is 2.42. The molecule has 2 aromatic rings. The van der Waals surface area contributed by atoms with Crippen LogP contribution in [0.1, 0.15) is 33.4 Å². The van der Waals surface area contributed by atoms with E-state index in [-0.39, 0.29) is 5.91 Å². The van der Waals surface area contributed by atoms with Gasteiger partial charge in [-0.15, -0.1) is 0 Å². The van der Waals surface area contributed by atoms with Crippen molar-refractivity contribution in [2.75, 3.05) is 21.3 Å². The average molecular weight is 341 g/mol. The van der Waals surface area contributed by atoms with Crippen molar-refractivity contribution in [3.8, 4) is 11.5 Å². The van der Waals surface area contributed by atoms with Crippen molar-refractivity contribution in [2.45, 2.75) is 12.0 Å². The summed E-state index contributed by atoms with van der Waals surface area (Å²) >= 11 is 0. The lowest BCUT2D eigenvalue weighted by atomic mass is 9.80. The van der Waals surface area contributed by atoms with Gasteiger partial charge in [0.15, 0.2) is 11.5 Å². The summed E-state index contributed by atoms with van der Waals surface area (Å²) in [6.45, 7) is 0. The quantitative estimate of drug-likeness (QED) is 0.925. The van der Waals surface area contributed by atoms with Crippen LogP contribution >= 0.6 is 0 Å². The summed E-state index contributed by atoms with van der Waals surface area (Å²) < 4.78 is 10.6. The predicted molar refractivity (Wildman–Crippen MR) is 91.2 cm³/mol. The minimum Gasteiger partial charge on any atom is -0.493 e. The monoisotopic (exact) mass is 341 g/mol. The standard InChI is InChI=1S/C19H19NO5/c1-20-17(11-8-9-14(24-2)15(10-11)25-3)16(19(22)23)12-6-4-5-7-13(12)18(20)21/h4-10,16-17H,1-3H3,(H,22,23)/t16-,17-/m1/s1. The molecule has 3 rings (SSSR count). The third-order valence-corrected chi connectivity index (χ3v) is 4.59. The molecule has 6 heteroatoms. The number of fused-ring (bicyclic) bond motifs is 1. The summed E-state index contributed by atoms with van der Waals surface area (Å²) in [4.78, 5) is 26.2. The molecule has 130 valence electrons. The van der Waals surface area contributed by atoms with Crippen molar-refractivity contribution < 1.29 is 24.2 Å². The molecule has 0 radical (unpaired) electrons. The fraction of sp³-hybridized carbons (Fsp3) is 0.263. The smallest absolute Gasteiger partial charge is 0.313 e. The van der Waals surface area contributed by atoms with E-state index in [1.807, 2.05) is 0 Å². The van der Waals surface area contributed by atoms with Gasteiger partial charge in [0.2, 0.25) is 0 Å². The molecule has 6 nitrogen and oxygen atoms in total. The van der Waals surface area contributed by atoms with Gasteiger partial charge in [0, 0.05) is 12.6 Å². The van der Waals surface area contributed by atoms with E-state index in [1.54, 1.807) is 49.5 Å². The number of hydrogen-bond donors (Lipinski definition) is 1. The molecule has 2 aromatic carbocycles. The van der Waals surface area contributed by atoms with Crippen molar-refractivity contribution in [3.63, 3.8) is 0 Å². The first-order chi connectivity index (χ1) is 12.0. The molecule has 0 aliphatic carbocycles. The Kier molecular flexibility index (Phi) is 4.35. The molecule has 1 N–H and O–H groups in total. The van der Waals surface area contributed by atoms with E-state index in [0.717, 1.165) is 0 Å². The van der Waals surface area contributed by atoms with E-state index < -0.39 is 17.9 Å². The van der Waals surface area contributed by atoms with E-state index in [4.69, 9.17) is 9.47 Å². The molecular weight excluding hydrogens is 322 g/mol. The van der Waals surface area contributed by atoms with Gasteiger partial charge >= 0.3 is 5.97 Å². The molecule has 0 fully saturated rings. The second-order valence-electron chi connectivity index (χ2n) is 5.88. The molecule has 0 bridgehead atoms. The Labute approximate surface area is 145 Å². The Hall–Kier alpha value is -3.02. The summed E-state index contributed by atoms with van der Waals surface area (Å²) in [5.74, 6) is -1.01. The molecule has 0 spiro atoms. The summed E-state index contributed by atoms with van der Waals surface area (Å²) in [5, 5.41) is 9.85. The lowest BCUT2D eigenvalue weighted by Crippen LogP contribution is -2.42. The molecule has 0 unspecified atom stereocenters. The van der Waals surface area contributed by atoms with Crippen LogP contribution in [0, 0.1) is 0 Å². The second-order valence-corrected chi connectivity index (χ2v) is 5.88. The summed E-state index contributed by atoms with van der Waals surface area (Å²) in [5.41, 5.74) is 1.63. The molecule has 2 atom stereocenters. The number of amides is 1. The predicted octanol–water partition coefficient (Wildman–Crippen LogP) is 2.70. The number of aliphatic carboxylic acids is 1. The number of carboxylic acid groups (broad SMARTS) is 1. The van der Waals surface area contributed by atoms with Crippen LogP contribution in [-0.2, 0) is 4.79 Å². The first-order valence-electron chi connectivity index (χ1n) is 7.80. The van der Waals surface area contributed by atoms with Crippen LogP contribution in [0.4, 0.5) is 0 Å². The number of benzene rings is 2. The number of carbonyl (C=O) groups excluding carboxylic acids is 1. The van der Waals surface area contributed by atoms with E-state index in [1.165, 1.54) is 19.1 Å². The van der Waals surface area contributed by atoms with Gasteiger partial charge in [-0.05, 0) is 29.3 Å². The number of rotatable bonds is 4. The van der Waals surface area contributed by atoms with Crippen LogP contribution in [0.2, 0.25) is 0 Å². The van der Waals surface area contributed by atoms with E-state index >= 15 is 0 Å². The Morgan fingerprint density at radius 2 is 1.76 bits per heavy atom. The van der Waals surface area contributed by atoms with E-state index in [9.17, 15) is 14.7 Å². The molecule has 0 saturated carbocycles. The number of ether oxygens (including phenoxy) is 2. The van der Waals surface area contributed by atoms with Gasteiger partial charge in [-0.1, -0.05) is 24.3 Å². The normalized spacial score (nSPS) is 19.3. The minimum atomic E-state index is -0.980. The zero-order valence-electron chi connectivity index (χ0n) is 14.2. The summed E-state index contributed by atoms with van der Waals surface area (Å²) in [6, 6.07) is 11.4. The Balaban J connectivity index is 2.17. The summed E-state index contributed by atoms with van der Waals surface area (Å²) in [7, 11) is 4.67. The van der Waals surface area contributed by atoms with Crippen LogP contribution in [0.5, 0.6) is 11.5 Å². The van der Waals surface area contributed by atoms with E-state index in [2.05, 4.69) is 0 Å². The number of carbonyl (C=O) groups is 2. The molecule has 25 heavy (non-hydrogen) atoms. The lowest BCUT2D eigenvalue weighted by Gasteiger charge is -2.38. The first-order valence-corrected chi connectivity index (χ1v) is 7.80. The highest BCUT2D eigenvalue weighted by molar-refractivity contribution is 6.00. The highest BCUT2D eigenvalue weighted by Crippen LogP contribution is 2.43. The van der Waals surface area contributed by atoms with Crippen LogP contribution in [0.25, 0.3) is 0 Å². The van der Waals surface area contributed by atoms with Gasteiger partial charge in [0.1, 0.15) is 5.92 Å². The van der Waals surface area contributed by atoms with Crippen LogP contribution in [0.15, 0.2) is 42.5 Å². The number of likely N-dealkylation sites (N-methyl/N-ethyl adjacent to an activating group) is 1. The molecule has 1 amide bonds. The zero-order chi connectivity index (χ0) is 18.1. The maximum Gasteiger partial charge on any atom is 0.313 e. The van der Waals surface area contributed by atoms with Crippen molar-refractivity contribution in [1.29, 1.82) is 0 Å². The van der Waals surface area contributed by atoms with Gasteiger partial charge < -0.3 is 19.5 Å². The number of nitrogens with zero attached hydrogens (tertiary/aromatic N) is 1. The van der Waals surface area contributed by atoms with Crippen LogP contribution in [-0.4, -0.2) is 43.2 Å². The van der Waals surface area contributed by atoms with Gasteiger partial charge in [0.05, 0.1) is 20.3 Å². The Morgan fingerprint density at radius 3 is 2.40 bits per heavy atom. The average Bonchev–Trinajstić information content (AvgIpc) is 2.63. The zero-order valence-corrected chi connectivity index (χ0v) is 14.2. The third-order valence-electron chi connectivity index (χ3n) is 4.59. The molecular formula is C19H19NO5. The SMILES string of the molecule is COc1ccc([C@@H]2[C@H](C(=O)O)c3ccccc3C(=O)N2C)cc1OC. The fourth-order valence-corrected chi connectivity index (χ4v) is 3.39. The number of hydrogen-bond acceptors (Lipinski definition) is 4. The van der Waals surface area contributed by atoms with Crippen molar-refractivity contribution >= 4 is 11.9 Å². The highest BCUT2D eigenvalue weighted by atomic mass is 16.5. The van der Waals surface area contributed by atoms with E-state index in [0.29, 0.717) is 28.2 Å². The van der Waals surface area contributed by atoms with Crippen LogP contribution < -0.4 is 9.47 Å². The van der Waals surface area contributed by atoms with Crippen molar-refractivity contribution in [2.24, 2.45) is 0 Å². The van der Waals surface area contributed by atoms with Gasteiger partial charge in [-0.2, -0.15) is 0 Å². The van der Waals surface area contributed by atoms with Gasteiger partial charge in [-0.3, -0.25) is 9.59 Å². The molecule has 0 saturated heterocycles. The maximum absolute atomic E-state index is 12.7. The largest absolute Gasteiger partial charge is 0.493 e. The number of methoxy groups -OCH3 is 2. The minimum absolute atomic E-state index is 0.201. The fourth-order valence-electron chi connectivity index (χ4n) is 3.39. The molecule has 1 heterocycles. The van der Waals surface area contributed by atoms with Crippen LogP contribution in [0.3, 0.4) is 0 Å². The van der Waals surface area contributed by atoms with Crippen molar-refractivity contribution in [1.82, 2.24) is 4.90 Å². The third kappa shape index (κ3) is 2.69. The summed E-state index contributed by atoms with van der Waals surface area (Å²) in [6.07, 6.45) is 0. The molecule has 0 aromatic heterocycles. The lowest BCUT2D eigenvalue weighted by molar-refractivity contribution is -0.140. The molecule has 1 aliphatic rings. The number of carboxylic acids is 1. The Morgan fingerprint density at radius 1 is 1.08 bits per heavy atom. The molecule has 1 aliphatic heterocycles. The first kappa shape index (κ1) is 16.8. The maximum atomic E-state index is 12.7. The van der Waals surface area contributed by atoms with Gasteiger partial charge in [0.25, 0.3) is 5.91 Å². The van der Waals surface area contributed by atoms with Crippen molar-refractivity contribution in [3.05, 3.63) is 59.2 Å². The second kappa shape index (κ2) is 6.47. The van der Waals surface area contributed by atoms with Gasteiger partial charge in [-0.25, -0.2) is 0 Å².